The number of fused-ring (bicyclic) bond motifs is 1. The number of likely N-dealkylation sites (tertiary alicyclic amines) is 1. The van der Waals surface area contributed by atoms with Crippen molar-refractivity contribution < 1.29 is 28.7 Å². The predicted molar refractivity (Wildman–Crippen MR) is 138 cm³/mol. The Morgan fingerprint density at radius 1 is 1.05 bits per heavy atom. The molecule has 3 aliphatic rings. The van der Waals surface area contributed by atoms with Crippen molar-refractivity contribution in [2.45, 2.75) is 95.3 Å². The molecule has 37 heavy (non-hydrogen) atoms. The Bertz CT molecular complexity index is 969. The maximum atomic E-state index is 13.8. The van der Waals surface area contributed by atoms with E-state index in [0.717, 1.165) is 19.3 Å². The summed E-state index contributed by atoms with van der Waals surface area (Å²) in [6.07, 6.45) is 2.34. The zero-order chi connectivity index (χ0) is 28.1. The van der Waals surface area contributed by atoms with Crippen LogP contribution >= 0.6 is 23.2 Å². The summed E-state index contributed by atoms with van der Waals surface area (Å²) in [7, 11) is 0. The van der Waals surface area contributed by atoms with Crippen molar-refractivity contribution in [1.82, 2.24) is 15.5 Å². The highest BCUT2D eigenvalue weighted by atomic mass is 35.5. The van der Waals surface area contributed by atoms with E-state index in [1.54, 1.807) is 41.5 Å². The third kappa shape index (κ3) is 6.50. The average molecular weight is 562 g/mol. The first-order valence-electron chi connectivity index (χ1n) is 12.7. The Labute approximate surface area is 227 Å². The van der Waals surface area contributed by atoms with Gasteiger partial charge in [0.15, 0.2) is 0 Å². The lowest BCUT2D eigenvalue weighted by Crippen LogP contribution is -2.61. The second kappa shape index (κ2) is 10.2. The van der Waals surface area contributed by atoms with Gasteiger partial charge in [-0.05, 0) is 38.5 Å². The van der Waals surface area contributed by atoms with Gasteiger partial charge in [0.05, 0.1) is 6.04 Å². The molecule has 4 N–H and O–H groups in total. The second-order valence-corrected chi connectivity index (χ2v) is 14.0. The highest BCUT2D eigenvalue weighted by molar-refractivity contribution is 6.51. The first-order chi connectivity index (χ1) is 16.8. The van der Waals surface area contributed by atoms with Crippen LogP contribution in [0.1, 0.15) is 67.2 Å². The highest BCUT2D eigenvalue weighted by Crippen LogP contribution is 2.65. The SMILES string of the molecule is CC(C)(C)OC(=O)N[C@H](C(=O)N1C[C@H]2[C@@H]([C@H]1C(=O)NC(CC1CCC1)C(=O)C(N)=O)C2(Cl)Cl)C(C)(C)C. The molecule has 0 aromatic heterocycles. The maximum absolute atomic E-state index is 13.8. The molecule has 2 aliphatic carbocycles. The van der Waals surface area contributed by atoms with Crippen LogP contribution in [0.25, 0.3) is 0 Å². The van der Waals surface area contributed by atoms with E-state index in [0.29, 0.717) is 6.42 Å². The second-order valence-electron chi connectivity index (χ2n) is 12.5. The smallest absolute Gasteiger partial charge is 0.408 e. The number of primary amides is 1. The Balaban J connectivity index is 1.83. The minimum Gasteiger partial charge on any atom is -0.444 e. The van der Waals surface area contributed by atoms with Crippen molar-refractivity contribution in [3.05, 3.63) is 0 Å². The number of carbonyl (C=O) groups is 5. The third-order valence-corrected chi connectivity index (χ3v) is 8.39. The molecule has 1 saturated heterocycles. The Morgan fingerprint density at radius 2 is 1.65 bits per heavy atom. The number of hydrogen-bond donors (Lipinski definition) is 3. The van der Waals surface area contributed by atoms with Gasteiger partial charge in [-0.15, -0.1) is 23.2 Å². The van der Waals surface area contributed by atoms with Crippen LogP contribution in [0.4, 0.5) is 4.79 Å². The van der Waals surface area contributed by atoms with Crippen LogP contribution in [0.15, 0.2) is 0 Å². The Kier molecular flexibility index (Phi) is 8.16. The number of alkyl halides is 2. The van der Waals surface area contributed by atoms with E-state index in [9.17, 15) is 24.0 Å². The number of nitrogens with two attached hydrogens (primary N) is 1. The van der Waals surface area contributed by atoms with Gasteiger partial charge in [0.1, 0.15) is 22.0 Å². The molecule has 0 radical (unpaired) electrons. The van der Waals surface area contributed by atoms with Gasteiger partial charge in [0.25, 0.3) is 5.91 Å². The number of rotatable bonds is 8. The van der Waals surface area contributed by atoms with Crippen molar-refractivity contribution >= 4 is 52.8 Å². The molecule has 5 atom stereocenters. The highest BCUT2D eigenvalue weighted by Gasteiger charge is 2.74. The molecule has 0 aromatic carbocycles. The fourth-order valence-corrected chi connectivity index (χ4v) is 5.92. The van der Waals surface area contributed by atoms with E-state index in [-0.39, 0.29) is 18.4 Å². The van der Waals surface area contributed by atoms with Gasteiger partial charge in [-0.1, -0.05) is 40.0 Å². The molecular formula is C25H38Cl2N4O6. The first-order valence-corrected chi connectivity index (χ1v) is 13.4. The Morgan fingerprint density at radius 3 is 2.11 bits per heavy atom. The number of alkyl carbamates (subject to hydrolysis) is 1. The van der Waals surface area contributed by atoms with Crippen molar-refractivity contribution in [1.29, 1.82) is 0 Å². The summed E-state index contributed by atoms with van der Waals surface area (Å²) in [5.41, 5.74) is 3.74. The quantitative estimate of drug-likeness (QED) is 0.306. The van der Waals surface area contributed by atoms with Crippen molar-refractivity contribution in [2.75, 3.05) is 6.54 Å². The minimum absolute atomic E-state index is 0.105. The van der Waals surface area contributed by atoms with Crippen LogP contribution in [0.2, 0.25) is 0 Å². The first kappa shape index (κ1) is 29.5. The van der Waals surface area contributed by atoms with E-state index in [1.165, 1.54) is 4.90 Å². The van der Waals surface area contributed by atoms with Crippen molar-refractivity contribution in [3.8, 4) is 0 Å². The fraction of sp³-hybridized carbons (Fsp3) is 0.800. The lowest BCUT2D eigenvalue weighted by Gasteiger charge is -2.37. The van der Waals surface area contributed by atoms with Crippen molar-refractivity contribution in [2.24, 2.45) is 28.9 Å². The molecule has 0 aromatic rings. The molecule has 1 unspecified atom stereocenters. The number of Topliss-reactive ketones (excluding diaryl/α,β-unsaturated/α-hetero) is 1. The van der Waals surface area contributed by atoms with Crippen LogP contribution in [-0.4, -0.2) is 69.1 Å². The number of hydrogen-bond acceptors (Lipinski definition) is 6. The van der Waals surface area contributed by atoms with E-state index in [1.807, 2.05) is 0 Å². The number of nitrogens with one attached hydrogen (secondary N) is 2. The molecule has 2 saturated carbocycles. The zero-order valence-corrected chi connectivity index (χ0v) is 23.7. The topological polar surface area (TPSA) is 148 Å². The molecule has 10 nitrogen and oxygen atoms in total. The minimum atomic E-state index is -1.20. The zero-order valence-electron chi connectivity index (χ0n) is 22.2. The third-order valence-electron chi connectivity index (χ3n) is 7.33. The number of amides is 4. The summed E-state index contributed by atoms with van der Waals surface area (Å²) in [4.78, 5) is 65.4. The number of halogens is 2. The number of nitrogens with zero attached hydrogens (tertiary/aromatic N) is 1. The molecule has 0 bridgehead atoms. The monoisotopic (exact) mass is 560 g/mol. The van der Waals surface area contributed by atoms with Crippen LogP contribution < -0.4 is 16.4 Å². The van der Waals surface area contributed by atoms with Gasteiger partial charge in [-0.2, -0.15) is 0 Å². The number of carbonyl (C=O) groups excluding carboxylic acids is 5. The summed E-state index contributed by atoms with van der Waals surface area (Å²) >= 11 is 12.9. The van der Waals surface area contributed by atoms with E-state index in [4.69, 9.17) is 33.7 Å². The van der Waals surface area contributed by atoms with Gasteiger partial charge in [-0.25, -0.2) is 4.79 Å². The molecule has 1 aliphatic heterocycles. The molecular weight excluding hydrogens is 523 g/mol. The van der Waals surface area contributed by atoms with E-state index < -0.39 is 69.0 Å². The normalized spacial score (nSPS) is 26.3. The standard InChI is InChI=1S/C25H38Cl2N4O6/c1-23(2,3)18(30-22(36)37-24(4,5)6)21(35)31-11-13-15(25(13,26)27)16(31)20(34)29-14(17(32)19(28)33)10-12-8-7-9-12/h12-16,18H,7-11H2,1-6H3,(H2,28,33)(H,29,34)(H,30,36)/t13-,14?,15-,16-,18+/m0/s1. The molecule has 1 heterocycles. The summed E-state index contributed by atoms with van der Waals surface area (Å²) in [6, 6.07) is -3.20. The maximum Gasteiger partial charge on any atom is 0.408 e. The molecule has 12 heteroatoms. The van der Waals surface area contributed by atoms with Crippen LogP contribution in [0.3, 0.4) is 0 Å². The summed E-state index contributed by atoms with van der Waals surface area (Å²) < 4.78 is 4.14. The molecule has 0 spiro atoms. The predicted octanol–water partition coefficient (Wildman–Crippen LogP) is 2.29. The number of ketones is 1. The van der Waals surface area contributed by atoms with Crippen molar-refractivity contribution in [3.63, 3.8) is 0 Å². The van der Waals surface area contributed by atoms with Crippen LogP contribution in [0.5, 0.6) is 0 Å². The van der Waals surface area contributed by atoms with Gasteiger partial charge in [0.2, 0.25) is 17.6 Å². The summed E-state index contributed by atoms with van der Waals surface area (Å²) in [5, 5.41) is 5.31. The molecule has 4 amide bonds. The molecule has 208 valence electrons. The lowest BCUT2D eigenvalue weighted by atomic mass is 9.80. The number of piperidine rings is 1. The van der Waals surface area contributed by atoms with Crippen LogP contribution in [0, 0.1) is 23.2 Å². The lowest BCUT2D eigenvalue weighted by molar-refractivity contribution is -0.144. The van der Waals surface area contributed by atoms with E-state index in [2.05, 4.69) is 10.6 Å². The Hall–Kier alpha value is -2.07. The van der Waals surface area contributed by atoms with Crippen LogP contribution in [-0.2, 0) is 23.9 Å². The summed E-state index contributed by atoms with van der Waals surface area (Å²) in [5.74, 6) is -3.85. The molecule has 3 rings (SSSR count). The van der Waals surface area contributed by atoms with E-state index >= 15 is 0 Å². The average Bonchev–Trinajstić information content (AvgIpc) is 3.06. The van der Waals surface area contributed by atoms with Gasteiger partial charge < -0.3 is 26.0 Å². The van der Waals surface area contributed by atoms with Gasteiger partial charge in [-0.3, -0.25) is 19.2 Å². The van der Waals surface area contributed by atoms with Gasteiger partial charge in [0, 0.05) is 18.4 Å². The van der Waals surface area contributed by atoms with Gasteiger partial charge >= 0.3 is 6.09 Å². The number of ether oxygens (including phenoxy) is 1. The fourth-order valence-electron chi connectivity index (χ4n) is 5.10. The summed E-state index contributed by atoms with van der Waals surface area (Å²) in [6.45, 7) is 10.6. The largest absolute Gasteiger partial charge is 0.444 e. The molecule has 3 fully saturated rings.